The summed E-state index contributed by atoms with van der Waals surface area (Å²) in [7, 11) is 0. The molecule has 0 aliphatic heterocycles. The largest absolute Gasteiger partial charge is 0.449 e. The second kappa shape index (κ2) is 8.79. The van der Waals surface area contributed by atoms with E-state index in [4.69, 9.17) is 4.74 Å². The van der Waals surface area contributed by atoms with E-state index in [0.717, 1.165) is 5.56 Å². The van der Waals surface area contributed by atoms with E-state index < -0.39 is 18.0 Å². The molecule has 0 saturated heterocycles. The van der Waals surface area contributed by atoms with Gasteiger partial charge in [0.2, 0.25) is 5.91 Å². The molecule has 6 nitrogen and oxygen atoms in total. The SMILES string of the molecule is CC(=O)Nc1ccc(NC(=O)[C@@H](C)OC(=O)/C=C/c2ccsc2)cc1. The minimum atomic E-state index is -0.936. The quantitative estimate of drug-likeness (QED) is 0.613. The number of esters is 1. The van der Waals surface area contributed by atoms with E-state index in [2.05, 4.69) is 10.6 Å². The van der Waals surface area contributed by atoms with Crippen molar-refractivity contribution in [3.05, 3.63) is 52.7 Å². The molecule has 2 rings (SSSR count). The Morgan fingerprint density at radius 3 is 2.28 bits per heavy atom. The van der Waals surface area contributed by atoms with Crippen molar-refractivity contribution in [2.45, 2.75) is 20.0 Å². The number of amides is 2. The van der Waals surface area contributed by atoms with E-state index in [1.807, 2.05) is 16.8 Å². The fraction of sp³-hybridized carbons (Fsp3) is 0.167. The third-order valence-corrected chi connectivity index (χ3v) is 3.79. The summed E-state index contributed by atoms with van der Waals surface area (Å²) in [5, 5.41) is 9.07. The fourth-order valence-electron chi connectivity index (χ4n) is 1.89. The molecule has 130 valence electrons. The molecule has 0 bridgehead atoms. The van der Waals surface area contributed by atoms with Gasteiger partial charge < -0.3 is 15.4 Å². The highest BCUT2D eigenvalue weighted by atomic mass is 32.1. The molecule has 2 N–H and O–H groups in total. The van der Waals surface area contributed by atoms with Crippen LogP contribution >= 0.6 is 11.3 Å². The van der Waals surface area contributed by atoms with E-state index in [-0.39, 0.29) is 5.91 Å². The van der Waals surface area contributed by atoms with E-state index in [9.17, 15) is 14.4 Å². The average molecular weight is 358 g/mol. The maximum absolute atomic E-state index is 12.1. The van der Waals surface area contributed by atoms with Gasteiger partial charge in [-0.1, -0.05) is 0 Å². The molecule has 1 heterocycles. The highest BCUT2D eigenvalue weighted by Gasteiger charge is 2.16. The zero-order valence-electron chi connectivity index (χ0n) is 13.8. The highest BCUT2D eigenvalue weighted by Crippen LogP contribution is 2.14. The summed E-state index contributed by atoms with van der Waals surface area (Å²) in [4.78, 5) is 34.8. The van der Waals surface area contributed by atoms with Gasteiger partial charge in [-0.05, 0) is 59.7 Å². The second-order valence-corrected chi connectivity index (χ2v) is 6.00. The van der Waals surface area contributed by atoms with Gasteiger partial charge in [-0.3, -0.25) is 9.59 Å². The van der Waals surface area contributed by atoms with Crippen molar-refractivity contribution in [3.63, 3.8) is 0 Å². The lowest BCUT2D eigenvalue weighted by atomic mass is 10.2. The van der Waals surface area contributed by atoms with Gasteiger partial charge in [-0.25, -0.2) is 4.79 Å². The van der Waals surface area contributed by atoms with Crippen LogP contribution in [-0.2, 0) is 19.1 Å². The Labute approximate surface area is 149 Å². The lowest BCUT2D eigenvalue weighted by Crippen LogP contribution is -2.29. The van der Waals surface area contributed by atoms with Crippen molar-refractivity contribution in [2.75, 3.05) is 10.6 Å². The molecular weight excluding hydrogens is 340 g/mol. The van der Waals surface area contributed by atoms with Crippen LogP contribution in [0.1, 0.15) is 19.4 Å². The zero-order valence-corrected chi connectivity index (χ0v) is 14.6. The van der Waals surface area contributed by atoms with Crippen molar-refractivity contribution in [2.24, 2.45) is 0 Å². The maximum Gasteiger partial charge on any atom is 0.331 e. The molecule has 1 aromatic carbocycles. The molecule has 1 aromatic heterocycles. The molecule has 0 fully saturated rings. The maximum atomic E-state index is 12.1. The van der Waals surface area contributed by atoms with Gasteiger partial charge in [0, 0.05) is 24.4 Å². The van der Waals surface area contributed by atoms with Crippen LogP contribution in [0, 0.1) is 0 Å². The van der Waals surface area contributed by atoms with E-state index in [1.54, 1.807) is 30.3 Å². The molecule has 25 heavy (non-hydrogen) atoms. The van der Waals surface area contributed by atoms with Gasteiger partial charge in [0.1, 0.15) is 0 Å². The van der Waals surface area contributed by atoms with Crippen LogP contribution in [0.2, 0.25) is 0 Å². The molecule has 2 aromatic rings. The minimum Gasteiger partial charge on any atom is -0.449 e. The van der Waals surface area contributed by atoms with Crippen molar-refractivity contribution >= 4 is 46.6 Å². The van der Waals surface area contributed by atoms with Crippen molar-refractivity contribution in [1.82, 2.24) is 0 Å². The summed E-state index contributed by atoms with van der Waals surface area (Å²) >= 11 is 1.52. The predicted octanol–water partition coefficient (Wildman–Crippen LogP) is 3.29. The van der Waals surface area contributed by atoms with Gasteiger partial charge in [0.05, 0.1) is 0 Å². The minimum absolute atomic E-state index is 0.173. The lowest BCUT2D eigenvalue weighted by Gasteiger charge is -2.12. The van der Waals surface area contributed by atoms with Crippen molar-refractivity contribution < 1.29 is 19.1 Å². The molecule has 0 unspecified atom stereocenters. The van der Waals surface area contributed by atoms with Crippen molar-refractivity contribution in [3.8, 4) is 0 Å². The first kappa shape index (κ1) is 18.4. The standard InChI is InChI=1S/C18H18N2O4S/c1-12(24-17(22)8-3-14-9-10-25-11-14)18(23)20-16-6-4-15(5-7-16)19-13(2)21/h3-12H,1-2H3,(H,19,21)(H,20,23)/b8-3+/t12-/m1/s1. The number of carbonyl (C=O) groups is 3. The van der Waals surface area contributed by atoms with Crippen LogP contribution in [0.5, 0.6) is 0 Å². The first-order chi connectivity index (χ1) is 11.9. The molecule has 0 aliphatic rings. The van der Waals surface area contributed by atoms with Crippen LogP contribution in [0.4, 0.5) is 11.4 Å². The van der Waals surface area contributed by atoms with Crippen molar-refractivity contribution in [1.29, 1.82) is 0 Å². The zero-order chi connectivity index (χ0) is 18.2. The number of rotatable bonds is 6. The van der Waals surface area contributed by atoms with Crippen LogP contribution in [0.3, 0.4) is 0 Å². The molecule has 0 saturated carbocycles. The molecule has 2 amide bonds. The summed E-state index contributed by atoms with van der Waals surface area (Å²) in [5.41, 5.74) is 2.07. The third-order valence-electron chi connectivity index (χ3n) is 3.09. The molecule has 0 radical (unpaired) electrons. The monoisotopic (exact) mass is 358 g/mol. The number of hydrogen-bond donors (Lipinski definition) is 2. The summed E-state index contributed by atoms with van der Waals surface area (Å²) in [6.45, 7) is 2.91. The number of hydrogen-bond acceptors (Lipinski definition) is 5. The summed E-state index contributed by atoms with van der Waals surface area (Å²) < 4.78 is 5.07. The molecule has 0 spiro atoms. The Bertz CT molecular complexity index is 767. The van der Waals surface area contributed by atoms with Crippen LogP contribution in [0.15, 0.2) is 47.2 Å². The van der Waals surface area contributed by atoms with Gasteiger partial charge >= 0.3 is 5.97 Å². The summed E-state index contributed by atoms with van der Waals surface area (Å²) in [6.07, 6.45) is 1.98. The topological polar surface area (TPSA) is 84.5 Å². The van der Waals surface area contributed by atoms with Crippen LogP contribution < -0.4 is 10.6 Å². The third kappa shape index (κ3) is 6.23. The first-order valence-corrected chi connectivity index (χ1v) is 8.48. The molecule has 7 heteroatoms. The highest BCUT2D eigenvalue weighted by molar-refractivity contribution is 7.08. The fourth-order valence-corrected chi connectivity index (χ4v) is 2.51. The Morgan fingerprint density at radius 2 is 1.72 bits per heavy atom. The van der Waals surface area contributed by atoms with Gasteiger partial charge in [0.15, 0.2) is 6.10 Å². The number of ether oxygens (including phenoxy) is 1. The Balaban J connectivity index is 1.85. The summed E-state index contributed by atoms with van der Waals surface area (Å²) in [5.74, 6) is -1.20. The predicted molar refractivity (Wildman–Crippen MR) is 98.3 cm³/mol. The second-order valence-electron chi connectivity index (χ2n) is 5.22. The van der Waals surface area contributed by atoms with Gasteiger partial charge in [-0.2, -0.15) is 11.3 Å². The van der Waals surface area contributed by atoms with E-state index >= 15 is 0 Å². The number of nitrogens with one attached hydrogen (secondary N) is 2. The normalized spacial score (nSPS) is 11.8. The Morgan fingerprint density at radius 1 is 1.08 bits per heavy atom. The molecular formula is C18H18N2O4S. The van der Waals surface area contributed by atoms with E-state index in [0.29, 0.717) is 11.4 Å². The van der Waals surface area contributed by atoms with E-state index in [1.165, 1.54) is 31.3 Å². The van der Waals surface area contributed by atoms with Crippen LogP contribution in [0.25, 0.3) is 6.08 Å². The molecule has 0 aliphatic carbocycles. The van der Waals surface area contributed by atoms with Gasteiger partial charge in [-0.15, -0.1) is 0 Å². The Hall–Kier alpha value is -2.93. The summed E-state index contributed by atoms with van der Waals surface area (Å²) in [6, 6.07) is 8.49. The number of thiophene rings is 1. The van der Waals surface area contributed by atoms with Crippen LogP contribution in [-0.4, -0.2) is 23.9 Å². The number of benzene rings is 1. The molecule has 1 atom stereocenters. The number of anilines is 2. The smallest absolute Gasteiger partial charge is 0.331 e. The number of carbonyl (C=O) groups excluding carboxylic acids is 3. The lowest BCUT2D eigenvalue weighted by molar-refractivity contribution is -0.148. The first-order valence-electron chi connectivity index (χ1n) is 7.53. The Kier molecular flexibility index (Phi) is 6.47. The average Bonchev–Trinajstić information content (AvgIpc) is 3.07. The van der Waals surface area contributed by atoms with Gasteiger partial charge in [0.25, 0.3) is 5.91 Å².